The summed E-state index contributed by atoms with van der Waals surface area (Å²) in [4.78, 5) is 14.2. The predicted octanol–water partition coefficient (Wildman–Crippen LogP) is 2.76. The van der Waals surface area contributed by atoms with E-state index in [1.54, 1.807) is 6.07 Å². The molecule has 0 radical (unpaired) electrons. The molecule has 1 unspecified atom stereocenters. The van der Waals surface area contributed by atoms with Crippen LogP contribution >= 0.6 is 0 Å². The van der Waals surface area contributed by atoms with Gasteiger partial charge >= 0.3 is 5.97 Å². The van der Waals surface area contributed by atoms with E-state index in [4.69, 9.17) is 4.74 Å². The first-order valence-electron chi connectivity index (χ1n) is 7.38. The summed E-state index contributed by atoms with van der Waals surface area (Å²) in [5, 5.41) is 3.51. The highest BCUT2D eigenvalue weighted by molar-refractivity contribution is 5.90. The lowest BCUT2D eigenvalue weighted by Gasteiger charge is -2.21. The van der Waals surface area contributed by atoms with Crippen LogP contribution in [0.25, 0.3) is 0 Å². The molecule has 0 saturated carbocycles. The zero-order valence-electron chi connectivity index (χ0n) is 12.6. The third kappa shape index (κ3) is 3.73. The number of nitrogens with one attached hydrogen (secondary N) is 1. The standard InChI is InChI=1S/C16H24N2O2/c1-4-20-16(19)13-6-5-7-14(10-13)17-15-8-9-18(11-15)12(2)3/h5-7,10,12,15,17H,4,8-9,11H2,1-3H3. The van der Waals surface area contributed by atoms with Crippen molar-refractivity contribution in [1.29, 1.82) is 0 Å². The molecule has 1 atom stereocenters. The number of rotatable bonds is 5. The van der Waals surface area contributed by atoms with E-state index in [1.165, 1.54) is 0 Å². The smallest absolute Gasteiger partial charge is 0.338 e. The third-order valence-electron chi connectivity index (χ3n) is 3.69. The topological polar surface area (TPSA) is 41.6 Å². The van der Waals surface area contributed by atoms with Crippen molar-refractivity contribution in [3.8, 4) is 0 Å². The molecule has 1 N–H and O–H groups in total. The average Bonchev–Trinajstić information content (AvgIpc) is 2.88. The number of esters is 1. The number of carbonyl (C=O) groups excluding carboxylic acids is 1. The molecule has 2 rings (SSSR count). The molecule has 4 nitrogen and oxygen atoms in total. The van der Waals surface area contributed by atoms with Crippen LogP contribution in [0.3, 0.4) is 0 Å². The molecule has 0 aromatic heterocycles. The van der Waals surface area contributed by atoms with Crippen LogP contribution in [0.5, 0.6) is 0 Å². The van der Waals surface area contributed by atoms with E-state index in [2.05, 4.69) is 24.1 Å². The first kappa shape index (κ1) is 14.9. The lowest BCUT2D eigenvalue weighted by Crippen LogP contribution is -2.31. The second-order valence-electron chi connectivity index (χ2n) is 5.52. The lowest BCUT2D eigenvalue weighted by atomic mass is 10.2. The summed E-state index contributed by atoms with van der Waals surface area (Å²) in [6, 6.07) is 8.60. The zero-order chi connectivity index (χ0) is 14.5. The zero-order valence-corrected chi connectivity index (χ0v) is 12.6. The number of anilines is 1. The summed E-state index contributed by atoms with van der Waals surface area (Å²) in [6.07, 6.45) is 1.14. The van der Waals surface area contributed by atoms with Gasteiger partial charge in [0, 0.05) is 30.9 Å². The summed E-state index contributed by atoms with van der Waals surface area (Å²) in [5.41, 5.74) is 1.60. The van der Waals surface area contributed by atoms with Gasteiger partial charge in [0.2, 0.25) is 0 Å². The van der Waals surface area contributed by atoms with Gasteiger partial charge in [0.15, 0.2) is 0 Å². The maximum absolute atomic E-state index is 11.7. The Balaban J connectivity index is 1.97. The van der Waals surface area contributed by atoms with Gasteiger partial charge in [0.1, 0.15) is 0 Å². The normalized spacial score (nSPS) is 19.3. The molecule has 1 aromatic rings. The second kappa shape index (κ2) is 6.75. The molecular formula is C16H24N2O2. The maximum Gasteiger partial charge on any atom is 0.338 e. The Morgan fingerprint density at radius 2 is 2.30 bits per heavy atom. The van der Waals surface area contributed by atoms with Gasteiger partial charge in [-0.2, -0.15) is 0 Å². The van der Waals surface area contributed by atoms with Gasteiger partial charge in [-0.3, -0.25) is 4.90 Å². The van der Waals surface area contributed by atoms with Crippen molar-refractivity contribution in [3.63, 3.8) is 0 Å². The minimum absolute atomic E-state index is 0.258. The molecule has 0 spiro atoms. The first-order chi connectivity index (χ1) is 9.60. The molecule has 0 amide bonds. The Hall–Kier alpha value is -1.55. The number of hydrogen-bond donors (Lipinski definition) is 1. The van der Waals surface area contributed by atoms with Gasteiger partial charge in [-0.15, -0.1) is 0 Å². The molecule has 1 fully saturated rings. The van der Waals surface area contributed by atoms with Crippen LogP contribution in [-0.2, 0) is 4.74 Å². The first-order valence-corrected chi connectivity index (χ1v) is 7.38. The Morgan fingerprint density at radius 3 is 2.95 bits per heavy atom. The van der Waals surface area contributed by atoms with E-state index >= 15 is 0 Å². The molecule has 0 aliphatic carbocycles. The average molecular weight is 276 g/mol. The van der Waals surface area contributed by atoms with E-state index in [0.717, 1.165) is 25.2 Å². The van der Waals surface area contributed by atoms with Crippen LogP contribution in [0.4, 0.5) is 5.69 Å². The third-order valence-corrected chi connectivity index (χ3v) is 3.69. The highest BCUT2D eigenvalue weighted by Crippen LogP contribution is 2.19. The summed E-state index contributed by atoms with van der Waals surface area (Å²) < 4.78 is 5.03. The predicted molar refractivity (Wildman–Crippen MR) is 81.1 cm³/mol. The fourth-order valence-electron chi connectivity index (χ4n) is 2.56. The summed E-state index contributed by atoms with van der Waals surface area (Å²) >= 11 is 0. The van der Waals surface area contributed by atoms with Gasteiger partial charge in [-0.25, -0.2) is 4.79 Å². The van der Waals surface area contributed by atoms with Crippen LogP contribution in [0.1, 0.15) is 37.6 Å². The highest BCUT2D eigenvalue weighted by Gasteiger charge is 2.24. The summed E-state index contributed by atoms with van der Waals surface area (Å²) in [7, 11) is 0. The van der Waals surface area contributed by atoms with Crippen LogP contribution in [-0.4, -0.2) is 42.6 Å². The van der Waals surface area contributed by atoms with Gasteiger partial charge in [-0.05, 0) is 45.4 Å². The monoisotopic (exact) mass is 276 g/mol. The minimum atomic E-state index is -0.258. The molecule has 110 valence electrons. The number of benzene rings is 1. The molecule has 1 heterocycles. The van der Waals surface area contributed by atoms with E-state index in [1.807, 2.05) is 25.1 Å². The Kier molecular flexibility index (Phi) is 5.01. The molecular weight excluding hydrogens is 252 g/mol. The Labute approximate surface area is 121 Å². The van der Waals surface area contributed by atoms with Crippen LogP contribution in [0.2, 0.25) is 0 Å². The Bertz CT molecular complexity index is 460. The Morgan fingerprint density at radius 1 is 1.50 bits per heavy atom. The molecule has 1 aliphatic rings. The van der Waals surface area contributed by atoms with Crippen molar-refractivity contribution in [1.82, 2.24) is 4.90 Å². The fraction of sp³-hybridized carbons (Fsp3) is 0.562. The molecule has 4 heteroatoms. The van der Waals surface area contributed by atoms with E-state index in [0.29, 0.717) is 24.3 Å². The number of ether oxygens (including phenoxy) is 1. The number of carbonyl (C=O) groups is 1. The van der Waals surface area contributed by atoms with E-state index in [-0.39, 0.29) is 5.97 Å². The summed E-state index contributed by atoms with van der Waals surface area (Å²) in [6.45, 7) is 8.86. The molecule has 0 bridgehead atoms. The van der Waals surface area contributed by atoms with Crippen LogP contribution in [0.15, 0.2) is 24.3 Å². The second-order valence-corrected chi connectivity index (χ2v) is 5.52. The SMILES string of the molecule is CCOC(=O)c1cccc(NC2CCN(C(C)C)C2)c1. The van der Waals surface area contributed by atoms with Gasteiger partial charge < -0.3 is 10.1 Å². The molecule has 1 aromatic carbocycles. The van der Waals surface area contributed by atoms with Crippen molar-refractivity contribution in [2.45, 2.75) is 39.3 Å². The van der Waals surface area contributed by atoms with Gasteiger partial charge in [0.25, 0.3) is 0 Å². The highest BCUT2D eigenvalue weighted by atomic mass is 16.5. The van der Waals surface area contributed by atoms with Crippen molar-refractivity contribution in [3.05, 3.63) is 29.8 Å². The van der Waals surface area contributed by atoms with Crippen molar-refractivity contribution in [2.24, 2.45) is 0 Å². The number of hydrogen-bond acceptors (Lipinski definition) is 4. The van der Waals surface area contributed by atoms with Gasteiger partial charge in [0.05, 0.1) is 12.2 Å². The fourth-order valence-corrected chi connectivity index (χ4v) is 2.56. The van der Waals surface area contributed by atoms with E-state index < -0.39 is 0 Å². The van der Waals surface area contributed by atoms with Crippen LogP contribution in [0, 0.1) is 0 Å². The lowest BCUT2D eigenvalue weighted by molar-refractivity contribution is 0.0526. The van der Waals surface area contributed by atoms with E-state index in [9.17, 15) is 4.79 Å². The largest absolute Gasteiger partial charge is 0.462 e. The quantitative estimate of drug-likeness (QED) is 0.840. The minimum Gasteiger partial charge on any atom is -0.462 e. The molecule has 1 aliphatic heterocycles. The maximum atomic E-state index is 11.7. The van der Waals surface area contributed by atoms with Gasteiger partial charge in [-0.1, -0.05) is 6.07 Å². The van der Waals surface area contributed by atoms with Crippen molar-refractivity contribution in [2.75, 3.05) is 25.0 Å². The van der Waals surface area contributed by atoms with Crippen molar-refractivity contribution >= 4 is 11.7 Å². The van der Waals surface area contributed by atoms with Crippen molar-refractivity contribution < 1.29 is 9.53 Å². The molecule has 1 saturated heterocycles. The number of likely N-dealkylation sites (tertiary alicyclic amines) is 1. The summed E-state index contributed by atoms with van der Waals surface area (Å²) in [5.74, 6) is -0.258. The van der Waals surface area contributed by atoms with Crippen LogP contribution < -0.4 is 5.32 Å². The molecule has 20 heavy (non-hydrogen) atoms. The number of nitrogens with zero attached hydrogens (tertiary/aromatic N) is 1.